The first-order valence-electron chi connectivity index (χ1n) is 8.88. The fourth-order valence-corrected chi connectivity index (χ4v) is 3.92. The van der Waals surface area contributed by atoms with Gasteiger partial charge in [-0.25, -0.2) is 8.42 Å². The van der Waals surface area contributed by atoms with Crippen molar-refractivity contribution in [2.75, 3.05) is 4.72 Å². The van der Waals surface area contributed by atoms with E-state index in [0.29, 0.717) is 17.8 Å². The fraction of sp³-hybridized carbons (Fsp3) is 0.136. The molecule has 0 radical (unpaired) electrons. The van der Waals surface area contributed by atoms with Crippen LogP contribution in [-0.2, 0) is 16.6 Å². The van der Waals surface area contributed by atoms with Gasteiger partial charge in [-0.1, -0.05) is 48.5 Å². The predicted octanol–water partition coefficient (Wildman–Crippen LogP) is 4.03. The van der Waals surface area contributed by atoms with Gasteiger partial charge in [0.15, 0.2) is 0 Å². The Morgan fingerprint density at radius 1 is 0.893 bits per heavy atom. The lowest BCUT2D eigenvalue weighted by molar-refractivity contribution is 0.0950. The zero-order valence-electron chi connectivity index (χ0n) is 15.8. The minimum atomic E-state index is -3.81. The molecule has 6 heteroatoms. The number of carbonyl (C=O) groups is 1. The van der Waals surface area contributed by atoms with Gasteiger partial charge in [0.25, 0.3) is 15.9 Å². The molecule has 28 heavy (non-hydrogen) atoms. The number of carbonyl (C=O) groups excluding carboxylic acids is 1. The monoisotopic (exact) mass is 394 g/mol. The molecule has 0 bridgehead atoms. The molecule has 3 aromatic rings. The quantitative estimate of drug-likeness (QED) is 0.663. The molecule has 0 aliphatic carbocycles. The zero-order chi connectivity index (χ0) is 20.1. The van der Waals surface area contributed by atoms with Crippen LogP contribution in [0.2, 0.25) is 0 Å². The first-order chi connectivity index (χ1) is 13.4. The summed E-state index contributed by atoms with van der Waals surface area (Å²) in [7, 11) is -3.81. The highest BCUT2D eigenvalue weighted by Crippen LogP contribution is 2.22. The van der Waals surface area contributed by atoms with E-state index < -0.39 is 10.0 Å². The van der Waals surface area contributed by atoms with E-state index in [4.69, 9.17) is 0 Å². The summed E-state index contributed by atoms with van der Waals surface area (Å²) in [4.78, 5) is 12.5. The number of rotatable bonds is 6. The van der Waals surface area contributed by atoms with E-state index in [1.807, 2.05) is 50.2 Å². The standard InChI is InChI=1S/C22H22N2O3S/c1-16-8-6-13-21(17(16)2)24-28(26,27)20-12-7-11-19(14-20)22(25)23-15-18-9-4-3-5-10-18/h3-14,24H,15H2,1-2H3,(H,23,25). The highest BCUT2D eigenvalue weighted by atomic mass is 32.2. The van der Waals surface area contributed by atoms with Gasteiger partial charge in [0.1, 0.15) is 0 Å². The van der Waals surface area contributed by atoms with E-state index >= 15 is 0 Å². The normalized spacial score (nSPS) is 11.1. The first-order valence-corrected chi connectivity index (χ1v) is 10.4. The van der Waals surface area contributed by atoms with Gasteiger partial charge >= 0.3 is 0 Å². The number of sulfonamides is 1. The molecule has 1 amide bonds. The van der Waals surface area contributed by atoms with Gasteiger partial charge in [0.05, 0.1) is 10.6 Å². The predicted molar refractivity (Wildman–Crippen MR) is 111 cm³/mol. The molecule has 0 heterocycles. The van der Waals surface area contributed by atoms with Crippen molar-refractivity contribution in [3.8, 4) is 0 Å². The van der Waals surface area contributed by atoms with Crippen LogP contribution in [0.15, 0.2) is 77.7 Å². The SMILES string of the molecule is Cc1cccc(NS(=O)(=O)c2cccc(C(=O)NCc3ccccc3)c2)c1C. The van der Waals surface area contributed by atoms with E-state index in [1.54, 1.807) is 24.3 Å². The van der Waals surface area contributed by atoms with E-state index in [0.717, 1.165) is 16.7 Å². The van der Waals surface area contributed by atoms with Crippen molar-refractivity contribution in [3.05, 3.63) is 95.1 Å². The Kier molecular flexibility index (Phi) is 5.80. The van der Waals surface area contributed by atoms with Crippen molar-refractivity contribution in [2.24, 2.45) is 0 Å². The van der Waals surface area contributed by atoms with Crippen LogP contribution >= 0.6 is 0 Å². The summed E-state index contributed by atoms with van der Waals surface area (Å²) in [6.07, 6.45) is 0. The number of benzene rings is 3. The minimum absolute atomic E-state index is 0.0424. The molecule has 0 aliphatic rings. The summed E-state index contributed by atoms with van der Waals surface area (Å²) in [5.41, 5.74) is 3.65. The Morgan fingerprint density at radius 2 is 1.61 bits per heavy atom. The highest BCUT2D eigenvalue weighted by Gasteiger charge is 2.17. The highest BCUT2D eigenvalue weighted by molar-refractivity contribution is 7.92. The zero-order valence-corrected chi connectivity index (χ0v) is 16.6. The molecular formula is C22H22N2O3S. The summed E-state index contributed by atoms with van der Waals surface area (Å²) in [6.45, 7) is 4.16. The number of aryl methyl sites for hydroxylation is 1. The smallest absolute Gasteiger partial charge is 0.261 e. The molecular weight excluding hydrogens is 372 g/mol. The van der Waals surface area contributed by atoms with Gasteiger partial charge < -0.3 is 5.32 Å². The first kappa shape index (κ1) is 19.6. The summed E-state index contributed by atoms with van der Waals surface area (Å²) in [5.74, 6) is -0.326. The number of hydrogen-bond acceptors (Lipinski definition) is 3. The number of nitrogens with one attached hydrogen (secondary N) is 2. The number of anilines is 1. The summed E-state index contributed by atoms with van der Waals surface area (Å²) >= 11 is 0. The van der Waals surface area contributed by atoms with Crippen molar-refractivity contribution < 1.29 is 13.2 Å². The molecule has 0 aliphatic heterocycles. The lowest BCUT2D eigenvalue weighted by Crippen LogP contribution is -2.23. The number of hydrogen-bond donors (Lipinski definition) is 2. The average molecular weight is 394 g/mol. The largest absolute Gasteiger partial charge is 0.348 e. The Balaban J connectivity index is 1.78. The molecule has 2 N–H and O–H groups in total. The fourth-order valence-electron chi connectivity index (χ4n) is 2.75. The molecule has 0 saturated carbocycles. The third-order valence-corrected chi connectivity index (χ3v) is 5.91. The third kappa shape index (κ3) is 4.58. The van der Waals surface area contributed by atoms with Crippen LogP contribution in [0.3, 0.4) is 0 Å². The Morgan fingerprint density at radius 3 is 2.36 bits per heavy atom. The van der Waals surface area contributed by atoms with Gasteiger partial charge in [-0.3, -0.25) is 9.52 Å². The summed E-state index contributed by atoms with van der Waals surface area (Å²) in [6, 6.07) is 21.0. The Hall–Kier alpha value is -3.12. The molecule has 0 unspecified atom stereocenters. The minimum Gasteiger partial charge on any atom is -0.348 e. The van der Waals surface area contributed by atoms with E-state index in [9.17, 15) is 13.2 Å². The summed E-state index contributed by atoms with van der Waals surface area (Å²) in [5, 5.41) is 2.81. The number of amides is 1. The third-order valence-electron chi connectivity index (χ3n) is 4.55. The lowest BCUT2D eigenvalue weighted by Gasteiger charge is -2.13. The maximum absolute atomic E-state index is 12.8. The maximum atomic E-state index is 12.8. The maximum Gasteiger partial charge on any atom is 0.261 e. The molecule has 0 atom stereocenters. The van der Waals surface area contributed by atoms with Crippen LogP contribution in [0.25, 0.3) is 0 Å². The Bertz CT molecular complexity index is 1090. The van der Waals surface area contributed by atoms with Crippen molar-refractivity contribution in [3.63, 3.8) is 0 Å². The molecule has 3 aromatic carbocycles. The van der Waals surface area contributed by atoms with Crippen LogP contribution in [0, 0.1) is 13.8 Å². The van der Waals surface area contributed by atoms with Crippen molar-refractivity contribution in [1.29, 1.82) is 0 Å². The van der Waals surface area contributed by atoms with E-state index in [-0.39, 0.29) is 10.8 Å². The van der Waals surface area contributed by atoms with Gasteiger partial charge in [0, 0.05) is 12.1 Å². The molecule has 144 valence electrons. The van der Waals surface area contributed by atoms with Crippen LogP contribution in [0.1, 0.15) is 27.0 Å². The molecule has 0 spiro atoms. The summed E-state index contributed by atoms with van der Waals surface area (Å²) < 4.78 is 28.2. The topological polar surface area (TPSA) is 75.3 Å². The van der Waals surface area contributed by atoms with E-state index in [1.165, 1.54) is 12.1 Å². The van der Waals surface area contributed by atoms with Crippen molar-refractivity contribution in [2.45, 2.75) is 25.3 Å². The second-order valence-electron chi connectivity index (χ2n) is 6.55. The van der Waals surface area contributed by atoms with Gasteiger partial charge in [-0.05, 0) is 54.8 Å². The van der Waals surface area contributed by atoms with Gasteiger partial charge in [-0.2, -0.15) is 0 Å². The second-order valence-corrected chi connectivity index (χ2v) is 8.23. The van der Waals surface area contributed by atoms with Crippen LogP contribution in [-0.4, -0.2) is 14.3 Å². The van der Waals surface area contributed by atoms with Crippen molar-refractivity contribution >= 4 is 21.6 Å². The lowest BCUT2D eigenvalue weighted by atomic mass is 10.1. The molecule has 5 nitrogen and oxygen atoms in total. The van der Waals surface area contributed by atoms with Crippen LogP contribution in [0.4, 0.5) is 5.69 Å². The molecule has 3 rings (SSSR count). The van der Waals surface area contributed by atoms with Crippen LogP contribution in [0.5, 0.6) is 0 Å². The second kappa shape index (κ2) is 8.27. The Labute approximate surface area is 165 Å². The van der Waals surface area contributed by atoms with Gasteiger partial charge in [-0.15, -0.1) is 0 Å². The average Bonchev–Trinajstić information content (AvgIpc) is 2.70. The van der Waals surface area contributed by atoms with Gasteiger partial charge in [0.2, 0.25) is 0 Å². The van der Waals surface area contributed by atoms with E-state index in [2.05, 4.69) is 10.0 Å². The molecule has 0 aromatic heterocycles. The molecule has 0 saturated heterocycles. The van der Waals surface area contributed by atoms with Crippen molar-refractivity contribution in [1.82, 2.24) is 5.32 Å². The molecule has 0 fully saturated rings. The van der Waals surface area contributed by atoms with Crippen LogP contribution < -0.4 is 10.0 Å².